The highest BCUT2D eigenvalue weighted by Crippen LogP contribution is 2.21. The predicted octanol–water partition coefficient (Wildman–Crippen LogP) is 1.38. The summed E-state index contributed by atoms with van der Waals surface area (Å²) in [5, 5.41) is 10.3. The minimum atomic E-state index is -0.209. The standard InChI is InChI=1S/C12H23N3O2/c1-10(2)13-8-4-11(5-9-13)14-6-3-7-15(17)12(14)16/h10-11,17H,3-9H2,1-2H3. The molecule has 0 aromatic heterocycles. The second-order valence-electron chi connectivity index (χ2n) is 5.31. The Balaban J connectivity index is 1.89. The Hall–Kier alpha value is -0.810. The van der Waals surface area contributed by atoms with Crippen LogP contribution >= 0.6 is 0 Å². The number of hydrogen-bond donors (Lipinski definition) is 1. The zero-order valence-electron chi connectivity index (χ0n) is 10.8. The van der Waals surface area contributed by atoms with Gasteiger partial charge in [-0.3, -0.25) is 5.21 Å². The molecule has 0 aromatic carbocycles. The summed E-state index contributed by atoms with van der Waals surface area (Å²) < 4.78 is 0. The summed E-state index contributed by atoms with van der Waals surface area (Å²) in [6.45, 7) is 7.79. The molecule has 2 aliphatic rings. The maximum Gasteiger partial charge on any atom is 0.343 e. The van der Waals surface area contributed by atoms with Crippen molar-refractivity contribution in [1.29, 1.82) is 0 Å². The monoisotopic (exact) mass is 241 g/mol. The van der Waals surface area contributed by atoms with Crippen molar-refractivity contribution in [3.63, 3.8) is 0 Å². The summed E-state index contributed by atoms with van der Waals surface area (Å²) in [6.07, 6.45) is 2.92. The van der Waals surface area contributed by atoms with Gasteiger partial charge in [0.15, 0.2) is 0 Å². The van der Waals surface area contributed by atoms with Crippen LogP contribution in [0.5, 0.6) is 0 Å². The number of amides is 2. The van der Waals surface area contributed by atoms with Crippen molar-refractivity contribution < 1.29 is 10.0 Å². The third-order valence-electron chi connectivity index (χ3n) is 3.91. The Bertz CT molecular complexity index is 275. The summed E-state index contributed by atoms with van der Waals surface area (Å²) in [4.78, 5) is 16.1. The molecule has 0 atom stereocenters. The third-order valence-corrected chi connectivity index (χ3v) is 3.91. The minimum absolute atomic E-state index is 0.209. The zero-order valence-corrected chi connectivity index (χ0v) is 10.8. The average molecular weight is 241 g/mol. The molecular weight excluding hydrogens is 218 g/mol. The molecule has 1 N–H and O–H groups in total. The normalized spacial score (nSPS) is 24.8. The quantitative estimate of drug-likeness (QED) is 0.743. The van der Waals surface area contributed by atoms with Gasteiger partial charge in [-0.1, -0.05) is 0 Å². The molecule has 2 rings (SSSR count). The highest BCUT2D eigenvalue weighted by Gasteiger charge is 2.32. The lowest BCUT2D eigenvalue weighted by molar-refractivity contribution is -0.0798. The maximum absolute atomic E-state index is 11.8. The first-order chi connectivity index (χ1) is 8.09. The summed E-state index contributed by atoms with van der Waals surface area (Å²) in [6, 6.07) is 0.689. The molecule has 17 heavy (non-hydrogen) atoms. The van der Waals surface area contributed by atoms with Crippen molar-refractivity contribution >= 4 is 6.03 Å². The number of piperidine rings is 1. The number of urea groups is 1. The lowest BCUT2D eigenvalue weighted by Gasteiger charge is -2.42. The van der Waals surface area contributed by atoms with Crippen LogP contribution in [-0.4, -0.2) is 64.4 Å². The summed E-state index contributed by atoms with van der Waals surface area (Å²) >= 11 is 0. The lowest BCUT2D eigenvalue weighted by atomic mass is 10.0. The van der Waals surface area contributed by atoms with E-state index in [1.165, 1.54) is 0 Å². The van der Waals surface area contributed by atoms with Gasteiger partial charge in [0, 0.05) is 31.7 Å². The van der Waals surface area contributed by atoms with Crippen molar-refractivity contribution in [3.05, 3.63) is 0 Å². The summed E-state index contributed by atoms with van der Waals surface area (Å²) in [5.74, 6) is 0. The second-order valence-corrected chi connectivity index (χ2v) is 5.31. The smallest absolute Gasteiger partial charge is 0.320 e. The number of rotatable bonds is 2. The Kier molecular flexibility index (Phi) is 3.89. The molecule has 0 radical (unpaired) electrons. The van der Waals surface area contributed by atoms with E-state index in [0.717, 1.165) is 44.0 Å². The van der Waals surface area contributed by atoms with Gasteiger partial charge in [-0.15, -0.1) is 0 Å². The Morgan fingerprint density at radius 1 is 1.18 bits per heavy atom. The van der Waals surface area contributed by atoms with Crippen LogP contribution in [0.3, 0.4) is 0 Å². The number of carbonyl (C=O) groups is 1. The topological polar surface area (TPSA) is 47.0 Å². The SMILES string of the molecule is CC(C)N1CCC(N2CCCN(O)C2=O)CC1. The van der Waals surface area contributed by atoms with Gasteiger partial charge >= 0.3 is 6.03 Å². The van der Waals surface area contributed by atoms with E-state index in [-0.39, 0.29) is 6.03 Å². The molecule has 5 nitrogen and oxygen atoms in total. The van der Waals surface area contributed by atoms with E-state index in [9.17, 15) is 10.0 Å². The van der Waals surface area contributed by atoms with E-state index in [2.05, 4.69) is 18.7 Å². The van der Waals surface area contributed by atoms with Gasteiger partial charge in [-0.25, -0.2) is 9.86 Å². The molecule has 0 aliphatic carbocycles. The van der Waals surface area contributed by atoms with Gasteiger partial charge in [0.1, 0.15) is 0 Å². The van der Waals surface area contributed by atoms with Gasteiger partial charge < -0.3 is 9.80 Å². The van der Waals surface area contributed by atoms with Gasteiger partial charge in [0.2, 0.25) is 0 Å². The first-order valence-corrected chi connectivity index (χ1v) is 6.60. The van der Waals surface area contributed by atoms with Gasteiger partial charge in [0.25, 0.3) is 0 Å². The fraction of sp³-hybridized carbons (Fsp3) is 0.917. The van der Waals surface area contributed by atoms with Crippen LogP contribution in [0.4, 0.5) is 4.79 Å². The van der Waals surface area contributed by atoms with Gasteiger partial charge in [0.05, 0.1) is 6.54 Å². The molecule has 0 bridgehead atoms. The zero-order chi connectivity index (χ0) is 12.4. The number of hydrogen-bond acceptors (Lipinski definition) is 3. The van der Waals surface area contributed by atoms with Crippen molar-refractivity contribution in [2.45, 2.75) is 45.2 Å². The van der Waals surface area contributed by atoms with Crippen LogP contribution in [-0.2, 0) is 0 Å². The Morgan fingerprint density at radius 2 is 1.82 bits per heavy atom. The van der Waals surface area contributed by atoms with Crippen LogP contribution in [0.25, 0.3) is 0 Å². The third kappa shape index (κ3) is 2.72. The first-order valence-electron chi connectivity index (χ1n) is 6.60. The van der Waals surface area contributed by atoms with Crippen molar-refractivity contribution in [2.24, 2.45) is 0 Å². The van der Waals surface area contributed by atoms with E-state index in [4.69, 9.17) is 0 Å². The number of likely N-dealkylation sites (tertiary alicyclic amines) is 1. The molecule has 2 heterocycles. The molecule has 5 heteroatoms. The molecule has 0 unspecified atom stereocenters. The average Bonchev–Trinajstić information content (AvgIpc) is 2.33. The largest absolute Gasteiger partial charge is 0.343 e. The number of hydroxylamine groups is 2. The molecule has 0 saturated carbocycles. The number of nitrogens with zero attached hydrogens (tertiary/aromatic N) is 3. The Labute approximate surface area is 103 Å². The van der Waals surface area contributed by atoms with Crippen LogP contribution < -0.4 is 0 Å². The van der Waals surface area contributed by atoms with Crippen LogP contribution in [0.2, 0.25) is 0 Å². The molecule has 2 fully saturated rings. The molecule has 2 amide bonds. The lowest BCUT2D eigenvalue weighted by Crippen LogP contribution is -2.55. The van der Waals surface area contributed by atoms with E-state index in [0.29, 0.717) is 18.6 Å². The van der Waals surface area contributed by atoms with Crippen LogP contribution in [0.1, 0.15) is 33.1 Å². The maximum atomic E-state index is 11.8. The van der Waals surface area contributed by atoms with E-state index in [1.807, 2.05) is 4.90 Å². The second kappa shape index (κ2) is 5.23. The first kappa shape index (κ1) is 12.6. The molecule has 2 saturated heterocycles. The predicted molar refractivity (Wildman–Crippen MR) is 64.9 cm³/mol. The van der Waals surface area contributed by atoms with Crippen molar-refractivity contribution in [2.75, 3.05) is 26.2 Å². The van der Waals surface area contributed by atoms with E-state index in [1.54, 1.807) is 0 Å². The molecule has 0 spiro atoms. The highest BCUT2D eigenvalue weighted by atomic mass is 16.5. The highest BCUT2D eigenvalue weighted by molar-refractivity contribution is 5.74. The van der Waals surface area contributed by atoms with Crippen molar-refractivity contribution in [1.82, 2.24) is 14.9 Å². The van der Waals surface area contributed by atoms with Gasteiger partial charge in [-0.2, -0.15) is 0 Å². The fourth-order valence-electron chi connectivity index (χ4n) is 2.78. The summed E-state index contributed by atoms with van der Waals surface area (Å²) in [7, 11) is 0. The molecule has 98 valence electrons. The fourth-order valence-corrected chi connectivity index (χ4v) is 2.78. The molecule has 2 aliphatic heterocycles. The minimum Gasteiger partial charge on any atom is -0.320 e. The number of carbonyl (C=O) groups excluding carboxylic acids is 1. The van der Waals surface area contributed by atoms with Crippen LogP contribution in [0.15, 0.2) is 0 Å². The summed E-state index contributed by atoms with van der Waals surface area (Å²) in [5.41, 5.74) is 0. The van der Waals surface area contributed by atoms with Crippen LogP contribution in [0, 0.1) is 0 Å². The molecular formula is C12H23N3O2. The van der Waals surface area contributed by atoms with Gasteiger partial charge in [-0.05, 0) is 33.1 Å². The van der Waals surface area contributed by atoms with E-state index >= 15 is 0 Å². The molecule has 0 aromatic rings. The van der Waals surface area contributed by atoms with E-state index < -0.39 is 0 Å². The van der Waals surface area contributed by atoms with Crippen molar-refractivity contribution in [3.8, 4) is 0 Å². The Morgan fingerprint density at radius 3 is 2.41 bits per heavy atom.